The van der Waals surface area contributed by atoms with Crippen LogP contribution in [0.3, 0.4) is 0 Å². The van der Waals surface area contributed by atoms with Gasteiger partial charge in [-0.05, 0) is 53.9 Å². The number of nitrogens with zero attached hydrogens (tertiary/aromatic N) is 4. The number of hydrogen-bond acceptors (Lipinski definition) is 5. The molecule has 0 radical (unpaired) electrons. The van der Waals surface area contributed by atoms with Crippen LogP contribution in [0.15, 0.2) is 78.0 Å². The number of aromatic nitrogens is 4. The summed E-state index contributed by atoms with van der Waals surface area (Å²) >= 11 is 9.51. The smallest absolute Gasteiger partial charge is 0.196 e. The summed E-state index contributed by atoms with van der Waals surface area (Å²) in [5.41, 5.74) is 4.38. The third kappa shape index (κ3) is 4.18. The van der Waals surface area contributed by atoms with Crippen LogP contribution in [-0.4, -0.2) is 19.7 Å². The van der Waals surface area contributed by atoms with E-state index in [1.54, 1.807) is 23.1 Å². The number of benzene rings is 3. The molecule has 0 atom stereocenters. The van der Waals surface area contributed by atoms with Crippen LogP contribution in [0.25, 0.3) is 27.3 Å². The Balaban J connectivity index is 1.57. The van der Waals surface area contributed by atoms with Gasteiger partial charge >= 0.3 is 0 Å². The van der Waals surface area contributed by atoms with Gasteiger partial charge in [-0.3, -0.25) is 4.57 Å². The molecule has 160 valence electrons. The first-order chi connectivity index (χ1) is 15.6. The predicted octanol–water partition coefficient (Wildman–Crippen LogP) is 7.61. The Morgan fingerprint density at radius 2 is 1.69 bits per heavy atom. The van der Waals surface area contributed by atoms with E-state index in [-0.39, 0.29) is 0 Å². The summed E-state index contributed by atoms with van der Waals surface area (Å²) in [5.74, 6) is 1.91. The van der Waals surface area contributed by atoms with Crippen molar-refractivity contribution in [2.75, 3.05) is 0 Å². The first-order valence-corrected chi connectivity index (χ1v) is 12.6. The lowest BCUT2D eigenvalue weighted by Crippen LogP contribution is -2.04. The number of hydrogen-bond donors (Lipinski definition) is 0. The fourth-order valence-corrected chi connectivity index (χ4v) is 5.68. The summed E-state index contributed by atoms with van der Waals surface area (Å²) in [6, 6.07) is 24.5. The third-order valence-corrected chi connectivity index (χ3v) is 7.61. The third-order valence-electron chi connectivity index (χ3n) is 5.20. The maximum absolute atomic E-state index is 6.13. The fraction of sp³-hybridized carbons (Fsp3) is 0.160. The molecule has 7 heteroatoms. The number of halogens is 1. The van der Waals surface area contributed by atoms with Crippen LogP contribution in [0.1, 0.15) is 30.3 Å². The summed E-state index contributed by atoms with van der Waals surface area (Å²) in [6.07, 6.45) is 0. The van der Waals surface area contributed by atoms with Crippen molar-refractivity contribution in [3.63, 3.8) is 0 Å². The summed E-state index contributed by atoms with van der Waals surface area (Å²) < 4.78 is 3.37. The van der Waals surface area contributed by atoms with E-state index < -0.39 is 0 Å². The van der Waals surface area contributed by atoms with Gasteiger partial charge in [0.15, 0.2) is 11.0 Å². The lowest BCUT2D eigenvalue weighted by molar-refractivity contribution is 0.818. The molecular formula is C25H21ClN4S2. The topological polar surface area (TPSA) is 43.6 Å². The van der Waals surface area contributed by atoms with E-state index in [4.69, 9.17) is 16.6 Å². The number of fused-ring (bicyclic) bond motifs is 1. The Morgan fingerprint density at radius 1 is 0.938 bits per heavy atom. The Bertz CT molecular complexity index is 1340. The van der Waals surface area contributed by atoms with Gasteiger partial charge in [-0.2, -0.15) is 0 Å². The molecule has 4 nitrogen and oxygen atoms in total. The van der Waals surface area contributed by atoms with Crippen LogP contribution < -0.4 is 0 Å². The molecule has 0 spiro atoms. The molecule has 2 heterocycles. The van der Waals surface area contributed by atoms with Crippen molar-refractivity contribution >= 4 is 44.9 Å². The van der Waals surface area contributed by atoms with Crippen LogP contribution >= 0.6 is 34.7 Å². The maximum Gasteiger partial charge on any atom is 0.196 e. The Morgan fingerprint density at radius 3 is 2.47 bits per heavy atom. The molecule has 5 aromatic rings. The second-order valence-electron chi connectivity index (χ2n) is 7.73. The number of thiazole rings is 1. The van der Waals surface area contributed by atoms with Crippen LogP contribution in [0, 0.1) is 0 Å². The SMILES string of the molecule is CC(C)c1ccccc1-n1c(SCc2nc3ccccc3s2)nnc1-c1ccc(Cl)cc1. The van der Waals surface area contributed by atoms with Gasteiger partial charge in [0.1, 0.15) is 5.01 Å². The molecule has 0 amide bonds. The first-order valence-electron chi connectivity index (χ1n) is 10.4. The van der Waals surface area contributed by atoms with Gasteiger partial charge in [0.05, 0.1) is 21.7 Å². The average molecular weight is 477 g/mol. The minimum atomic E-state index is 0.369. The minimum absolute atomic E-state index is 0.369. The second-order valence-corrected chi connectivity index (χ2v) is 10.2. The summed E-state index contributed by atoms with van der Waals surface area (Å²) in [5, 5.41) is 11.8. The minimum Gasteiger partial charge on any atom is -0.270 e. The van der Waals surface area contributed by atoms with E-state index in [2.05, 4.69) is 71.1 Å². The summed E-state index contributed by atoms with van der Waals surface area (Å²) in [7, 11) is 0. The largest absolute Gasteiger partial charge is 0.270 e. The molecule has 3 aromatic carbocycles. The van der Waals surface area contributed by atoms with Gasteiger partial charge in [0.2, 0.25) is 0 Å². The van der Waals surface area contributed by atoms with E-state index in [9.17, 15) is 0 Å². The van der Waals surface area contributed by atoms with Gasteiger partial charge in [-0.15, -0.1) is 21.5 Å². The fourth-order valence-electron chi connectivity index (χ4n) is 3.65. The zero-order valence-electron chi connectivity index (χ0n) is 17.7. The molecule has 0 bridgehead atoms. The quantitative estimate of drug-likeness (QED) is 0.236. The van der Waals surface area contributed by atoms with Crippen molar-refractivity contribution in [3.8, 4) is 17.1 Å². The number of thioether (sulfide) groups is 1. The normalized spacial score (nSPS) is 11.5. The second kappa shape index (κ2) is 9.06. The standard InChI is InChI=1S/C25H21ClN4S2/c1-16(2)19-7-3-5-9-21(19)30-24(17-11-13-18(26)14-12-17)28-29-25(30)31-15-23-27-20-8-4-6-10-22(20)32-23/h3-14,16H,15H2,1-2H3. The average Bonchev–Trinajstić information content (AvgIpc) is 3.42. The molecule has 0 saturated carbocycles. The Labute approximate surface area is 200 Å². The lowest BCUT2D eigenvalue weighted by Gasteiger charge is -2.16. The summed E-state index contributed by atoms with van der Waals surface area (Å²) in [6.45, 7) is 4.41. The Hall–Kier alpha value is -2.67. The molecule has 0 N–H and O–H groups in total. The first kappa shape index (κ1) is 21.2. The van der Waals surface area contributed by atoms with Crippen molar-refractivity contribution in [1.82, 2.24) is 19.7 Å². The van der Waals surface area contributed by atoms with Crippen molar-refractivity contribution in [1.29, 1.82) is 0 Å². The van der Waals surface area contributed by atoms with Gasteiger partial charge in [0.25, 0.3) is 0 Å². The lowest BCUT2D eigenvalue weighted by atomic mass is 10.0. The molecule has 0 aliphatic rings. The molecule has 0 fully saturated rings. The highest BCUT2D eigenvalue weighted by Crippen LogP contribution is 2.34. The van der Waals surface area contributed by atoms with Crippen molar-refractivity contribution < 1.29 is 0 Å². The van der Waals surface area contributed by atoms with Crippen LogP contribution in [-0.2, 0) is 5.75 Å². The van der Waals surface area contributed by atoms with Crippen molar-refractivity contribution in [3.05, 3.63) is 88.4 Å². The molecule has 0 unspecified atom stereocenters. The zero-order chi connectivity index (χ0) is 22.1. The Kier molecular flexibility index (Phi) is 6.00. The highest BCUT2D eigenvalue weighted by molar-refractivity contribution is 7.98. The molecule has 2 aromatic heterocycles. The number of rotatable bonds is 6. The highest BCUT2D eigenvalue weighted by atomic mass is 35.5. The predicted molar refractivity (Wildman–Crippen MR) is 135 cm³/mol. The van der Waals surface area contributed by atoms with E-state index in [1.807, 2.05) is 30.3 Å². The van der Waals surface area contributed by atoms with Gasteiger partial charge in [0, 0.05) is 10.6 Å². The molecule has 0 aliphatic heterocycles. The molecule has 0 aliphatic carbocycles. The van der Waals surface area contributed by atoms with Crippen LogP contribution in [0.4, 0.5) is 0 Å². The number of para-hydroxylation sites is 2. The maximum atomic E-state index is 6.13. The van der Waals surface area contributed by atoms with E-state index in [0.29, 0.717) is 10.9 Å². The van der Waals surface area contributed by atoms with Crippen molar-refractivity contribution in [2.45, 2.75) is 30.7 Å². The zero-order valence-corrected chi connectivity index (χ0v) is 20.1. The van der Waals surface area contributed by atoms with Crippen LogP contribution in [0.5, 0.6) is 0 Å². The molecule has 32 heavy (non-hydrogen) atoms. The van der Waals surface area contributed by atoms with Crippen molar-refractivity contribution in [2.24, 2.45) is 0 Å². The molecule has 0 saturated heterocycles. The van der Waals surface area contributed by atoms with E-state index >= 15 is 0 Å². The molecule has 5 rings (SSSR count). The highest BCUT2D eigenvalue weighted by Gasteiger charge is 2.20. The molecular weight excluding hydrogens is 456 g/mol. The van der Waals surface area contributed by atoms with E-state index in [1.165, 1.54) is 10.3 Å². The summed E-state index contributed by atoms with van der Waals surface area (Å²) in [4.78, 5) is 4.78. The van der Waals surface area contributed by atoms with E-state index in [0.717, 1.165) is 38.5 Å². The monoisotopic (exact) mass is 476 g/mol. The van der Waals surface area contributed by atoms with Gasteiger partial charge < -0.3 is 0 Å². The van der Waals surface area contributed by atoms with Gasteiger partial charge in [-0.25, -0.2) is 4.98 Å². The van der Waals surface area contributed by atoms with Crippen LogP contribution in [0.2, 0.25) is 5.02 Å². The van der Waals surface area contributed by atoms with Gasteiger partial charge in [-0.1, -0.05) is 67.5 Å².